The van der Waals surface area contributed by atoms with Crippen molar-refractivity contribution in [2.75, 3.05) is 16.1 Å². The molecule has 3 amide bonds. The summed E-state index contributed by atoms with van der Waals surface area (Å²) in [5.74, 6) is -2.15. The average molecular weight is 533 g/mol. The van der Waals surface area contributed by atoms with Crippen LogP contribution in [0.1, 0.15) is 32.7 Å². The monoisotopic (exact) mass is 532 g/mol. The lowest BCUT2D eigenvalue weighted by Crippen LogP contribution is -2.36. The fourth-order valence-electron chi connectivity index (χ4n) is 3.76. The minimum absolute atomic E-state index is 0.187. The summed E-state index contributed by atoms with van der Waals surface area (Å²) in [6.07, 6.45) is 0. The molecule has 0 unspecified atom stereocenters. The molecular weight excluding hydrogens is 508 g/mol. The van der Waals surface area contributed by atoms with Gasteiger partial charge in [-0.2, -0.15) is 0 Å². The summed E-state index contributed by atoms with van der Waals surface area (Å²) in [7, 11) is 0. The van der Waals surface area contributed by atoms with Crippen LogP contribution in [0.3, 0.4) is 0 Å². The molecule has 3 aromatic carbocycles. The van der Waals surface area contributed by atoms with Gasteiger partial charge in [-0.3, -0.25) is 19.8 Å². The highest BCUT2D eigenvalue weighted by Crippen LogP contribution is 2.25. The lowest BCUT2D eigenvalue weighted by Gasteiger charge is -2.15. The van der Waals surface area contributed by atoms with E-state index in [1.165, 1.54) is 4.68 Å². The number of hydrogen-bond acceptors (Lipinski definition) is 3. The topological polar surface area (TPSA) is 92.2 Å². The summed E-state index contributed by atoms with van der Waals surface area (Å²) in [6, 6.07) is 18.2. The second-order valence-corrected chi connectivity index (χ2v) is 9.33. The molecule has 0 radical (unpaired) electrons. The molecular formula is C27H25BrN4O3. The van der Waals surface area contributed by atoms with E-state index in [4.69, 9.17) is 0 Å². The summed E-state index contributed by atoms with van der Waals surface area (Å²) >= 11 is 3.44. The summed E-state index contributed by atoms with van der Waals surface area (Å²) in [4.78, 5) is 38.9. The number of aryl methyl sites for hydroxylation is 2. The van der Waals surface area contributed by atoms with Crippen molar-refractivity contribution in [2.24, 2.45) is 0 Å². The summed E-state index contributed by atoms with van der Waals surface area (Å²) in [5, 5.41) is 6.29. The van der Waals surface area contributed by atoms with Gasteiger partial charge in [0.15, 0.2) is 0 Å². The quantitative estimate of drug-likeness (QED) is 0.299. The van der Waals surface area contributed by atoms with E-state index in [1.54, 1.807) is 24.3 Å². The molecule has 35 heavy (non-hydrogen) atoms. The number of carbonyl (C=O) groups is 3. The van der Waals surface area contributed by atoms with Crippen LogP contribution in [-0.4, -0.2) is 22.4 Å². The predicted octanol–water partition coefficient (Wildman–Crippen LogP) is 5.60. The van der Waals surface area contributed by atoms with Crippen molar-refractivity contribution in [3.63, 3.8) is 0 Å². The summed E-state index contributed by atoms with van der Waals surface area (Å²) in [6.45, 7) is 7.69. The smallest absolute Gasteiger partial charge is 0.320 e. The number of rotatable bonds is 4. The molecule has 0 aliphatic rings. The number of nitrogens with one attached hydrogen (secondary N) is 3. The van der Waals surface area contributed by atoms with Gasteiger partial charge >= 0.3 is 11.8 Å². The molecule has 178 valence electrons. The maximum absolute atomic E-state index is 13.3. The Balaban J connectivity index is 1.65. The Morgan fingerprint density at radius 3 is 1.97 bits per heavy atom. The van der Waals surface area contributed by atoms with Crippen LogP contribution in [0.5, 0.6) is 0 Å². The minimum atomic E-state index is -0.896. The molecule has 0 aliphatic carbocycles. The Morgan fingerprint density at radius 1 is 0.743 bits per heavy atom. The fourth-order valence-corrected chi connectivity index (χ4v) is 4.14. The van der Waals surface area contributed by atoms with Crippen molar-refractivity contribution >= 4 is 55.9 Å². The largest absolute Gasteiger partial charge is 0.328 e. The molecule has 0 saturated carbocycles. The van der Waals surface area contributed by atoms with E-state index in [1.807, 2.05) is 64.1 Å². The molecule has 0 fully saturated rings. The molecule has 0 spiro atoms. The van der Waals surface area contributed by atoms with Gasteiger partial charge in [-0.25, -0.2) is 4.68 Å². The molecule has 3 N–H and O–H groups in total. The van der Waals surface area contributed by atoms with Crippen molar-refractivity contribution < 1.29 is 14.4 Å². The van der Waals surface area contributed by atoms with Gasteiger partial charge in [-0.05, 0) is 86.3 Å². The van der Waals surface area contributed by atoms with Gasteiger partial charge < -0.3 is 10.6 Å². The molecule has 1 heterocycles. The van der Waals surface area contributed by atoms with Crippen molar-refractivity contribution in [2.45, 2.75) is 27.7 Å². The first-order chi connectivity index (χ1) is 16.7. The van der Waals surface area contributed by atoms with E-state index in [2.05, 4.69) is 32.0 Å². The summed E-state index contributed by atoms with van der Waals surface area (Å²) < 4.78 is 2.16. The normalized spacial score (nSPS) is 10.8. The van der Waals surface area contributed by atoms with E-state index >= 15 is 0 Å². The first-order valence-electron chi connectivity index (χ1n) is 11.0. The average Bonchev–Trinajstić information content (AvgIpc) is 3.17. The Bertz CT molecular complexity index is 1490. The Morgan fingerprint density at radius 2 is 1.34 bits per heavy atom. The third-order valence-electron chi connectivity index (χ3n) is 6.12. The van der Waals surface area contributed by atoms with Gasteiger partial charge in [0.05, 0.1) is 5.52 Å². The van der Waals surface area contributed by atoms with Crippen molar-refractivity contribution in [3.8, 4) is 0 Å². The van der Waals surface area contributed by atoms with Crippen LogP contribution in [0.25, 0.3) is 10.9 Å². The number of amides is 3. The van der Waals surface area contributed by atoms with Crippen molar-refractivity contribution in [1.29, 1.82) is 0 Å². The van der Waals surface area contributed by atoms with E-state index in [0.29, 0.717) is 16.9 Å². The van der Waals surface area contributed by atoms with E-state index in [9.17, 15) is 14.4 Å². The number of nitrogens with zero attached hydrogens (tertiary/aromatic N) is 1. The van der Waals surface area contributed by atoms with E-state index < -0.39 is 17.7 Å². The van der Waals surface area contributed by atoms with Gasteiger partial charge in [-0.15, -0.1) is 0 Å². The van der Waals surface area contributed by atoms with Crippen LogP contribution in [0.15, 0.2) is 65.1 Å². The number of benzene rings is 3. The predicted molar refractivity (Wildman–Crippen MR) is 142 cm³/mol. The van der Waals surface area contributed by atoms with Gasteiger partial charge in [0.2, 0.25) is 0 Å². The maximum atomic E-state index is 13.3. The number of anilines is 2. The lowest BCUT2D eigenvalue weighted by atomic mass is 10.1. The molecule has 0 atom stereocenters. The number of carbonyl (C=O) groups excluding carboxylic acids is 3. The number of hydrogen-bond donors (Lipinski definition) is 3. The highest BCUT2D eigenvalue weighted by molar-refractivity contribution is 9.10. The van der Waals surface area contributed by atoms with Crippen LogP contribution in [0, 0.1) is 27.7 Å². The van der Waals surface area contributed by atoms with E-state index in [0.717, 1.165) is 32.1 Å². The van der Waals surface area contributed by atoms with Crippen LogP contribution >= 0.6 is 15.9 Å². The second-order valence-electron chi connectivity index (χ2n) is 8.41. The standard InChI is InChI=1S/C27H25BrN4O3/c1-15-7-5-9-21(17(15)3)29-25(33)24-14-19-13-20(28)11-12-23(19)32(24)31-27(35)26(34)30-22-10-6-8-16(2)18(22)4/h5-14H,1-4H3,(H,29,33)(H,30,34)(H,31,35). The highest BCUT2D eigenvalue weighted by atomic mass is 79.9. The Labute approximate surface area is 211 Å². The number of halogens is 1. The Kier molecular flexibility index (Phi) is 6.75. The molecule has 0 aliphatic heterocycles. The van der Waals surface area contributed by atoms with Crippen molar-refractivity contribution in [3.05, 3.63) is 93.1 Å². The number of aromatic nitrogens is 1. The molecule has 4 aromatic rings. The minimum Gasteiger partial charge on any atom is -0.320 e. The third-order valence-corrected chi connectivity index (χ3v) is 6.61. The third kappa shape index (κ3) is 4.97. The van der Waals surface area contributed by atoms with Crippen LogP contribution < -0.4 is 16.1 Å². The zero-order valence-electron chi connectivity index (χ0n) is 19.8. The maximum Gasteiger partial charge on any atom is 0.328 e. The lowest BCUT2D eigenvalue weighted by molar-refractivity contribution is -0.133. The van der Waals surface area contributed by atoms with Crippen molar-refractivity contribution in [1.82, 2.24) is 4.68 Å². The molecule has 1 aromatic heterocycles. The molecule has 8 heteroatoms. The SMILES string of the molecule is Cc1cccc(NC(=O)C(=O)Nn2c(C(=O)Nc3cccc(C)c3C)cc3cc(Br)ccc32)c1C. The molecule has 0 bridgehead atoms. The molecule has 4 rings (SSSR count). The van der Waals surface area contributed by atoms with Crippen LogP contribution in [0.2, 0.25) is 0 Å². The molecule has 0 saturated heterocycles. The van der Waals surface area contributed by atoms with Crippen LogP contribution in [-0.2, 0) is 9.59 Å². The van der Waals surface area contributed by atoms with Gasteiger partial charge in [-0.1, -0.05) is 40.2 Å². The van der Waals surface area contributed by atoms with E-state index in [-0.39, 0.29) is 5.69 Å². The fraction of sp³-hybridized carbons (Fsp3) is 0.148. The second kappa shape index (κ2) is 9.76. The zero-order valence-corrected chi connectivity index (χ0v) is 21.4. The van der Waals surface area contributed by atoms with Gasteiger partial charge in [0.25, 0.3) is 5.91 Å². The highest BCUT2D eigenvalue weighted by Gasteiger charge is 2.22. The van der Waals surface area contributed by atoms with Crippen LogP contribution in [0.4, 0.5) is 11.4 Å². The first-order valence-corrected chi connectivity index (χ1v) is 11.8. The zero-order chi connectivity index (χ0) is 25.3. The summed E-state index contributed by atoms with van der Waals surface area (Å²) in [5.41, 5.74) is 8.44. The van der Waals surface area contributed by atoms with Gasteiger partial charge in [0.1, 0.15) is 5.69 Å². The molecule has 7 nitrogen and oxygen atoms in total. The van der Waals surface area contributed by atoms with Gasteiger partial charge in [0, 0.05) is 21.2 Å². The Hall–Kier alpha value is -3.91. The number of fused-ring (bicyclic) bond motifs is 1. The first kappa shape index (κ1) is 24.2.